The zero-order chi connectivity index (χ0) is 24.5. The van der Waals surface area contributed by atoms with Crippen LogP contribution in [-0.2, 0) is 14.3 Å². The maximum Gasteiger partial charge on any atom is 0.295 e. The van der Waals surface area contributed by atoms with Crippen LogP contribution < -0.4 is 0 Å². The van der Waals surface area contributed by atoms with Crippen molar-refractivity contribution in [3.63, 3.8) is 0 Å². The lowest BCUT2D eigenvalue weighted by Gasteiger charge is -2.29. The van der Waals surface area contributed by atoms with Crippen LogP contribution in [0.25, 0.3) is 11.4 Å². The van der Waals surface area contributed by atoms with E-state index >= 15 is 0 Å². The van der Waals surface area contributed by atoms with Crippen LogP contribution in [0, 0.1) is 6.92 Å². The summed E-state index contributed by atoms with van der Waals surface area (Å²) < 4.78 is 7.99. The van der Waals surface area contributed by atoms with Crippen molar-refractivity contribution in [3.05, 3.63) is 75.7 Å². The van der Waals surface area contributed by atoms with E-state index in [-0.39, 0.29) is 11.3 Å². The second kappa shape index (κ2) is 9.93. The first-order valence-corrected chi connectivity index (χ1v) is 12.5. The largest absolute Gasteiger partial charge is 0.505 e. The van der Waals surface area contributed by atoms with Gasteiger partial charge in [0.1, 0.15) is 11.3 Å². The molecule has 0 spiro atoms. The van der Waals surface area contributed by atoms with Gasteiger partial charge in [0.05, 0.1) is 30.5 Å². The number of rotatable bonds is 6. The minimum atomic E-state index is -0.689. The standard InChI is InChI=1S/C26H27BrN4O4/c1-17-22(30-10-3-2-8-20(30)28-17)24(32)21-23(18-6-4-7-19(27)16-18)31(26(34)25(21)33)11-5-9-29-12-14-35-15-13-29/h2-4,6-8,10,16,23,32H,5,9,11-15H2,1H3/b24-21+/t23-/m0/s1. The first-order chi connectivity index (χ1) is 17.0. The molecule has 2 aliphatic rings. The highest BCUT2D eigenvalue weighted by atomic mass is 79.9. The minimum Gasteiger partial charge on any atom is -0.505 e. The molecule has 2 saturated heterocycles. The Balaban J connectivity index is 1.55. The highest BCUT2D eigenvalue weighted by Crippen LogP contribution is 2.40. The minimum absolute atomic E-state index is 0.0909. The molecule has 0 unspecified atom stereocenters. The number of fused-ring (bicyclic) bond motifs is 1. The van der Waals surface area contributed by atoms with Crippen molar-refractivity contribution in [2.45, 2.75) is 19.4 Å². The van der Waals surface area contributed by atoms with E-state index < -0.39 is 17.7 Å². The molecule has 9 heteroatoms. The van der Waals surface area contributed by atoms with Gasteiger partial charge in [-0.05, 0) is 43.2 Å². The Morgan fingerprint density at radius 3 is 2.71 bits per heavy atom. The quantitative estimate of drug-likeness (QED) is 0.293. The summed E-state index contributed by atoms with van der Waals surface area (Å²) in [6.07, 6.45) is 2.50. The number of imidazole rings is 1. The summed E-state index contributed by atoms with van der Waals surface area (Å²) in [5.74, 6) is -1.48. The van der Waals surface area contributed by atoms with Crippen LogP contribution in [0.1, 0.15) is 29.4 Å². The second-order valence-electron chi connectivity index (χ2n) is 8.83. The summed E-state index contributed by atoms with van der Waals surface area (Å²) in [5, 5.41) is 11.5. The summed E-state index contributed by atoms with van der Waals surface area (Å²) in [5.41, 5.74) is 2.52. The van der Waals surface area contributed by atoms with Crippen molar-refractivity contribution in [3.8, 4) is 0 Å². The summed E-state index contributed by atoms with van der Waals surface area (Å²) in [7, 11) is 0. The molecule has 1 aromatic carbocycles. The van der Waals surface area contributed by atoms with Gasteiger partial charge in [-0.3, -0.25) is 18.9 Å². The Morgan fingerprint density at radius 1 is 1.14 bits per heavy atom. The molecule has 2 aliphatic heterocycles. The molecule has 1 atom stereocenters. The van der Waals surface area contributed by atoms with E-state index in [1.165, 1.54) is 0 Å². The number of likely N-dealkylation sites (tertiary alicyclic amines) is 1. The first kappa shape index (κ1) is 23.7. The number of ether oxygens (including phenoxy) is 1. The molecular weight excluding hydrogens is 512 g/mol. The molecule has 0 radical (unpaired) electrons. The van der Waals surface area contributed by atoms with Crippen molar-refractivity contribution in [1.82, 2.24) is 19.2 Å². The average Bonchev–Trinajstić information content (AvgIpc) is 3.32. The molecule has 1 N–H and O–H groups in total. The normalized spacial score (nSPS) is 20.7. The van der Waals surface area contributed by atoms with Crippen molar-refractivity contribution in [1.29, 1.82) is 0 Å². The van der Waals surface area contributed by atoms with E-state index in [0.717, 1.165) is 29.7 Å². The van der Waals surface area contributed by atoms with Crippen LogP contribution in [0.4, 0.5) is 0 Å². The zero-order valence-corrected chi connectivity index (χ0v) is 21.1. The zero-order valence-electron chi connectivity index (χ0n) is 19.5. The molecule has 182 valence electrons. The lowest BCUT2D eigenvalue weighted by molar-refractivity contribution is -0.140. The van der Waals surface area contributed by atoms with Gasteiger partial charge in [-0.15, -0.1) is 0 Å². The van der Waals surface area contributed by atoms with E-state index in [2.05, 4.69) is 25.8 Å². The number of aliphatic hydroxyl groups excluding tert-OH is 1. The van der Waals surface area contributed by atoms with Crippen LogP contribution in [0.2, 0.25) is 0 Å². The fourth-order valence-corrected chi connectivity index (χ4v) is 5.37. The molecule has 35 heavy (non-hydrogen) atoms. The molecule has 0 saturated carbocycles. The molecule has 0 bridgehead atoms. The van der Waals surface area contributed by atoms with Gasteiger partial charge >= 0.3 is 0 Å². The maximum absolute atomic E-state index is 13.4. The van der Waals surface area contributed by atoms with Crippen LogP contribution in [0.3, 0.4) is 0 Å². The fourth-order valence-electron chi connectivity index (χ4n) is 4.95. The van der Waals surface area contributed by atoms with Gasteiger partial charge in [-0.2, -0.15) is 0 Å². The van der Waals surface area contributed by atoms with Crippen molar-refractivity contribution < 1.29 is 19.4 Å². The van der Waals surface area contributed by atoms with Gasteiger partial charge in [-0.1, -0.05) is 34.1 Å². The Morgan fingerprint density at radius 2 is 1.94 bits per heavy atom. The summed E-state index contributed by atoms with van der Waals surface area (Å²) in [6.45, 7) is 6.14. The van der Waals surface area contributed by atoms with E-state index in [1.807, 2.05) is 42.5 Å². The Labute approximate surface area is 211 Å². The van der Waals surface area contributed by atoms with Crippen molar-refractivity contribution in [2.24, 2.45) is 0 Å². The monoisotopic (exact) mass is 538 g/mol. The summed E-state index contributed by atoms with van der Waals surface area (Å²) >= 11 is 3.50. The molecule has 0 aliphatic carbocycles. The summed E-state index contributed by atoms with van der Waals surface area (Å²) in [4.78, 5) is 35.0. The Bertz CT molecular complexity index is 1310. The van der Waals surface area contributed by atoms with Gasteiger partial charge in [-0.25, -0.2) is 4.98 Å². The Hall–Kier alpha value is -3.01. The molecule has 1 amide bonds. The lowest BCUT2D eigenvalue weighted by Crippen LogP contribution is -2.38. The number of benzene rings is 1. The van der Waals surface area contributed by atoms with Gasteiger partial charge in [0, 0.05) is 36.8 Å². The average molecular weight is 539 g/mol. The molecule has 5 rings (SSSR count). The number of carbonyl (C=O) groups is 2. The molecule has 4 heterocycles. The van der Waals surface area contributed by atoms with E-state index in [9.17, 15) is 14.7 Å². The molecule has 2 aromatic heterocycles. The van der Waals surface area contributed by atoms with Crippen LogP contribution in [0.5, 0.6) is 0 Å². The number of aromatic nitrogens is 2. The number of aliphatic hydroxyl groups is 1. The lowest BCUT2D eigenvalue weighted by atomic mass is 9.96. The molecular formula is C26H27BrN4O4. The van der Waals surface area contributed by atoms with Crippen LogP contribution in [-0.4, -0.2) is 75.4 Å². The van der Waals surface area contributed by atoms with Crippen LogP contribution >= 0.6 is 15.9 Å². The number of Topliss-reactive ketones (excluding diaryl/α,β-unsaturated/α-hetero) is 1. The number of aryl methyl sites for hydroxylation is 1. The highest BCUT2D eigenvalue weighted by Gasteiger charge is 2.46. The SMILES string of the molecule is Cc1nc2ccccn2c1/C(O)=C1\C(=O)C(=O)N(CCCN2CCOCC2)[C@H]1c1cccc(Br)c1. The number of nitrogens with zero attached hydrogens (tertiary/aromatic N) is 4. The van der Waals surface area contributed by atoms with Gasteiger partial charge in [0.15, 0.2) is 5.76 Å². The number of amides is 1. The predicted molar refractivity (Wildman–Crippen MR) is 135 cm³/mol. The third-order valence-electron chi connectivity index (χ3n) is 6.61. The first-order valence-electron chi connectivity index (χ1n) is 11.7. The van der Waals surface area contributed by atoms with E-state index in [4.69, 9.17) is 4.74 Å². The fraction of sp³-hybridized carbons (Fsp3) is 0.346. The molecule has 3 aromatic rings. The number of pyridine rings is 1. The number of carbonyl (C=O) groups excluding carboxylic acids is 2. The number of halogens is 1. The van der Waals surface area contributed by atoms with Crippen molar-refractivity contribution in [2.75, 3.05) is 39.4 Å². The molecule has 2 fully saturated rings. The van der Waals surface area contributed by atoms with E-state index in [1.54, 1.807) is 22.4 Å². The summed E-state index contributed by atoms with van der Waals surface area (Å²) in [6, 6.07) is 12.4. The number of hydrogen-bond acceptors (Lipinski definition) is 6. The molecule has 8 nitrogen and oxygen atoms in total. The van der Waals surface area contributed by atoms with E-state index in [0.29, 0.717) is 43.2 Å². The number of ketones is 1. The third kappa shape index (κ3) is 4.51. The predicted octanol–water partition coefficient (Wildman–Crippen LogP) is 3.55. The van der Waals surface area contributed by atoms with Gasteiger partial charge < -0.3 is 14.7 Å². The highest BCUT2D eigenvalue weighted by molar-refractivity contribution is 9.10. The van der Waals surface area contributed by atoms with Crippen LogP contribution in [0.15, 0.2) is 58.7 Å². The second-order valence-corrected chi connectivity index (χ2v) is 9.75. The van der Waals surface area contributed by atoms with Gasteiger partial charge in [0.2, 0.25) is 0 Å². The number of morpholine rings is 1. The topological polar surface area (TPSA) is 87.4 Å². The Kier molecular flexibility index (Phi) is 6.73. The van der Waals surface area contributed by atoms with Crippen molar-refractivity contribution >= 4 is 39.0 Å². The number of hydrogen-bond donors (Lipinski definition) is 1. The third-order valence-corrected chi connectivity index (χ3v) is 7.10. The smallest absolute Gasteiger partial charge is 0.295 e. The maximum atomic E-state index is 13.4. The van der Waals surface area contributed by atoms with Gasteiger partial charge in [0.25, 0.3) is 11.7 Å².